The van der Waals surface area contributed by atoms with Crippen LogP contribution in [0.2, 0.25) is 0 Å². The third-order valence-electron chi connectivity index (χ3n) is 4.51. The maximum atomic E-state index is 13.0. The SMILES string of the molecule is O=C(Nc1ccc(NS(=O)(=O)c2ccc(F)cc2)cc1)c1ccc(OCc2cscn2)cc1. The normalized spacial score (nSPS) is 11.1. The van der Waals surface area contributed by atoms with Crippen molar-refractivity contribution in [1.82, 2.24) is 4.98 Å². The van der Waals surface area contributed by atoms with Crippen LogP contribution in [0.3, 0.4) is 0 Å². The number of benzene rings is 3. The highest BCUT2D eigenvalue weighted by atomic mass is 32.2. The van der Waals surface area contributed by atoms with E-state index < -0.39 is 15.8 Å². The Labute approximate surface area is 193 Å². The number of ether oxygens (including phenoxy) is 1. The van der Waals surface area contributed by atoms with Gasteiger partial charge < -0.3 is 10.1 Å². The molecule has 0 saturated carbocycles. The van der Waals surface area contributed by atoms with Crippen LogP contribution >= 0.6 is 11.3 Å². The van der Waals surface area contributed by atoms with E-state index in [1.54, 1.807) is 41.9 Å². The average molecular weight is 484 g/mol. The van der Waals surface area contributed by atoms with Gasteiger partial charge in [0.2, 0.25) is 0 Å². The van der Waals surface area contributed by atoms with Gasteiger partial charge in [-0.15, -0.1) is 11.3 Å². The Kier molecular flexibility index (Phi) is 6.66. The molecule has 3 aromatic carbocycles. The van der Waals surface area contributed by atoms with Gasteiger partial charge in [0, 0.05) is 22.3 Å². The molecule has 4 rings (SSSR count). The summed E-state index contributed by atoms with van der Waals surface area (Å²) in [6.45, 7) is 0.353. The van der Waals surface area contributed by atoms with Crippen molar-refractivity contribution in [2.75, 3.05) is 10.0 Å². The highest BCUT2D eigenvalue weighted by Crippen LogP contribution is 2.20. The largest absolute Gasteiger partial charge is 0.487 e. The van der Waals surface area contributed by atoms with Crippen LogP contribution < -0.4 is 14.8 Å². The maximum Gasteiger partial charge on any atom is 0.261 e. The molecule has 0 aliphatic heterocycles. The quantitative estimate of drug-likeness (QED) is 0.371. The fourth-order valence-corrected chi connectivity index (χ4v) is 4.42. The van der Waals surface area contributed by atoms with Crippen molar-refractivity contribution >= 4 is 38.6 Å². The van der Waals surface area contributed by atoms with E-state index in [4.69, 9.17) is 4.74 Å². The lowest BCUT2D eigenvalue weighted by molar-refractivity contribution is 0.102. The molecule has 7 nitrogen and oxygen atoms in total. The van der Waals surface area contributed by atoms with Crippen LogP contribution in [-0.2, 0) is 16.6 Å². The van der Waals surface area contributed by atoms with E-state index in [0.29, 0.717) is 29.3 Å². The molecule has 10 heteroatoms. The van der Waals surface area contributed by atoms with Gasteiger partial charge in [-0.05, 0) is 72.8 Å². The zero-order valence-corrected chi connectivity index (χ0v) is 18.7. The Morgan fingerprint density at radius 1 is 0.939 bits per heavy atom. The second kappa shape index (κ2) is 9.80. The van der Waals surface area contributed by atoms with Gasteiger partial charge in [0.05, 0.1) is 16.1 Å². The van der Waals surface area contributed by atoms with E-state index >= 15 is 0 Å². The second-order valence-electron chi connectivity index (χ2n) is 6.88. The van der Waals surface area contributed by atoms with Gasteiger partial charge in [-0.3, -0.25) is 9.52 Å². The number of anilines is 2. The molecule has 1 aromatic heterocycles. The summed E-state index contributed by atoms with van der Waals surface area (Å²) in [5.41, 5.74) is 3.81. The predicted octanol–water partition coefficient (Wildman–Crippen LogP) is 4.91. The van der Waals surface area contributed by atoms with Gasteiger partial charge in [0.15, 0.2) is 0 Å². The van der Waals surface area contributed by atoms with Crippen molar-refractivity contribution in [2.24, 2.45) is 0 Å². The lowest BCUT2D eigenvalue weighted by Crippen LogP contribution is -2.14. The summed E-state index contributed by atoms with van der Waals surface area (Å²) in [4.78, 5) is 16.6. The summed E-state index contributed by atoms with van der Waals surface area (Å²) in [5, 5.41) is 4.66. The molecule has 1 amide bonds. The lowest BCUT2D eigenvalue weighted by atomic mass is 10.2. The minimum absolute atomic E-state index is 0.0553. The summed E-state index contributed by atoms with van der Waals surface area (Å²) >= 11 is 1.49. The third kappa shape index (κ3) is 5.93. The van der Waals surface area contributed by atoms with E-state index in [1.165, 1.54) is 35.6 Å². The molecule has 0 radical (unpaired) electrons. The molecule has 0 fully saturated rings. The maximum absolute atomic E-state index is 13.0. The van der Waals surface area contributed by atoms with E-state index in [9.17, 15) is 17.6 Å². The van der Waals surface area contributed by atoms with E-state index in [-0.39, 0.29) is 10.8 Å². The van der Waals surface area contributed by atoms with E-state index in [2.05, 4.69) is 15.0 Å². The first-order valence-corrected chi connectivity index (χ1v) is 12.1. The van der Waals surface area contributed by atoms with Gasteiger partial charge in [0.25, 0.3) is 15.9 Å². The molecule has 2 N–H and O–H groups in total. The Balaban J connectivity index is 1.34. The molecule has 168 valence electrons. The topological polar surface area (TPSA) is 97.4 Å². The Morgan fingerprint density at radius 3 is 2.24 bits per heavy atom. The van der Waals surface area contributed by atoms with Gasteiger partial charge in [-0.25, -0.2) is 17.8 Å². The molecule has 0 aliphatic rings. The number of sulfonamides is 1. The molecule has 4 aromatic rings. The summed E-state index contributed by atoms with van der Waals surface area (Å²) in [5.74, 6) is -0.218. The Bertz CT molecular complexity index is 1320. The fourth-order valence-electron chi connectivity index (χ4n) is 2.82. The van der Waals surface area contributed by atoms with Gasteiger partial charge >= 0.3 is 0 Å². The fraction of sp³-hybridized carbons (Fsp3) is 0.0435. The monoisotopic (exact) mass is 483 g/mol. The van der Waals surface area contributed by atoms with Crippen LogP contribution in [0.25, 0.3) is 0 Å². The first-order chi connectivity index (χ1) is 15.9. The smallest absolute Gasteiger partial charge is 0.261 e. The number of hydrogen-bond donors (Lipinski definition) is 2. The van der Waals surface area contributed by atoms with Crippen molar-refractivity contribution in [3.05, 3.63) is 101 Å². The van der Waals surface area contributed by atoms with Crippen LogP contribution in [0, 0.1) is 5.82 Å². The molecular formula is C23H18FN3O4S2. The number of thiazole rings is 1. The van der Waals surface area contributed by atoms with Gasteiger partial charge in [-0.1, -0.05) is 0 Å². The number of aromatic nitrogens is 1. The molecule has 33 heavy (non-hydrogen) atoms. The number of rotatable bonds is 8. The molecule has 0 aliphatic carbocycles. The molecule has 0 bridgehead atoms. The highest BCUT2D eigenvalue weighted by molar-refractivity contribution is 7.92. The zero-order chi connectivity index (χ0) is 23.3. The van der Waals surface area contributed by atoms with Crippen molar-refractivity contribution in [2.45, 2.75) is 11.5 Å². The van der Waals surface area contributed by atoms with Gasteiger partial charge in [0.1, 0.15) is 18.2 Å². The van der Waals surface area contributed by atoms with Gasteiger partial charge in [-0.2, -0.15) is 0 Å². The molecule has 0 unspecified atom stereocenters. The van der Waals surface area contributed by atoms with E-state index in [1.807, 2.05) is 5.38 Å². The zero-order valence-electron chi connectivity index (χ0n) is 17.1. The molecule has 0 saturated heterocycles. The highest BCUT2D eigenvalue weighted by Gasteiger charge is 2.14. The lowest BCUT2D eigenvalue weighted by Gasteiger charge is -2.10. The molecular weight excluding hydrogens is 465 g/mol. The summed E-state index contributed by atoms with van der Waals surface area (Å²) in [7, 11) is -3.85. The second-order valence-corrected chi connectivity index (χ2v) is 9.28. The third-order valence-corrected chi connectivity index (χ3v) is 6.54. The molecule has 0 spiro atoms. The molecule has 0 atom stereocenters. The summed E-state index contributed by atoms with van der Waals surface area (Å²) in [6.07, 6.45) is 0. The number of halogens is 1. The Hall–Kier alpha value is -3.76. The van der Waals surface area contributed by atoms with Crippen LogP contribution in [0.15, 0.2) is 88.6 Å². The minimum Gasteiger partial charge on any atom is -0.487 e. The van der Waals surface area contributed by atoms with Crippen LogP contribution in [0.1, 0.15) is 16.1 Å². The number of nitrogens with one attached hydrogen (secondary N) is 2. The number of amides is 1. The van der Waals surface area contributed by atoms with Crippen molar-refractivity contribution in [1.29, 1.82) is 0 Å². The number of hydrogen-bond acceptors (Lipinski definition) is 6. The molecule has 1 heterocycles. The summed E-state index contributed by atoms with van der Waals surface area (Å²) in [6, 6.07) is 17.4. The average Bonchev–Trinajstić information content (AvgIpc) is 3.33. The summed E-state index contributed by atoms with van der Waals surface area (Å²) < 4.78 is 45.8. The van der Waals surface area contributed by atoms with Crippen molar-refractivity contribution in [3.63, 3.8) is 0 Å². The van der Waals surface area contributed by atoms with E-state index in [0.717, 1.165) is 17.8 Å². The number of carbonyl (C=O) groups is 1. The first kappa shape index (κ1) is 22.4. The van der Waals surface area contributed by atoms with Crippen LogP contribution in [0.5, 0.6) is 5.75 Å². The van der Waals surface area contributed by atoms with Crippen LogP contribution in [-0.4, -0.2) is 19.3 Å². The van der Waals surface area contributed by atoms with Crippen molar-refractivity contribution in [3.8, 4) is 5.75 Å². The van der Waals surface area contributed by atoms with Crippen molar-refractivity contribution < 1.29 is 22.3 Å². The number of nitrogens with zero attached hydrogens (tertiary/aromatic N) is 1. The predicted molar refractivity (Wildman–Crippen MR) is 124 cm³/mol. The standard InChI is InChI=1S/C23H18FN3O4S2/c24-17-3-11-22(12-4-17)33(29,30)27-19-7-5-18(6-8-19)26-23(28)16-1-9-21(10-2-16)31-13-20-14-32-15-25-20/h1-12,14-15,27H,13H2,(H,26,28). The van der Waals surface area contributed by atoms with Crippen LogP contribution in [0.4, 0.5) is 15.8 Å². The number of carbonyl (C=O) groups excluding carboxylic acids is 1. The first-order valence-electron chi connectivity index (χ1n) is 9.69. The Morgan fingerprint density at radius 2 is 1.61 bits per heavy atom. The minimum atomic E-state index is -3.85.